The van der Waals surface area contributed by atoms with E-state index in [0.29, 0.717) is 45.2 Å². The first-order valence-electron chi connectivity index (χ1n) is 11.0. The van der Waals surface area contributed by atoms with Gasteiger partial charge in [-0.2, -0.15) is 0 Å². The van der Waals surface area contributed by atoms with Gasteiger partial charge in [0.1, 0.15) is 11.3 Å². The molecule has 2 aromatic carbocycles. The molecule has 1 fully saturated rings. The lowest BCUT2D eigenvalue weighted by Gasteiger charge is -2.15. The lowest BCUT2D eigenvalue weighted by atomic mass is 10.1. The van der Waals surface area contributed by atoms with Gasteiger partial charge in [-0.1, -0.05) is 11.3 Å². The molecular weight excluding hydrogens is 499 g/mol. The summed E-state index contributed by atoms with van der Waals surface area (Å²) in [5.74, 6) is -0.726. The van der Waals surface area contributed by atoms with Crippen molar-refractivity contribution in [3.05, 3.63) is 42.0 Å². The lowest BCUT2D eigenvalue weighted by Crippen LogP contribution is -2.44. The number of aromatic nitrogens is 3. The van der Waals surface area contributed by atoms with Crippen molar-refractivity contribution in [2.24, 2.45) is 7.05 Å². The number of imidazole rings is 1. The summed E-state index contributed by atoms with van der Waals surface area (Å²) in [7, 11) is 1.78. The van der Waals surface area contributed by atoms with Gasteiger partial charge in [-0.15, -0.1) is 13.2 Å². The van der Waals surface area contributed by atoms with Crippen LogP contribution in [0, 0.1) is 0 Å². The Morgan fingerprint density at radius 1 is 1.14 bits per heavy atom. The average molecular weight is 520 g/mol. The lowest BCUT2D eigenvalue weighted by molar-refractivity contribution is -0.274. The van der Waals surface area contributed by atoms with Crippen molar-refractivity contribution < 1.29 is 32.2 Å². The van der Waals surface area contributed by atoms with E-state index < -0.39 is 23.8 Å². The van der Waals surface area contributed by atoms with Crippen LogP contribution in [0.3, 0.4) is 0 Å². The summed E-state index contributed by atoms with van der Waals surface area (Å²) in [5, 5.41) is 6.28. The number of anilines is 2. The molecule has 0 radical (unpaired) electrons. The van der Waals surface area contributed by atoms with Gasteiger partial charge in [-0.05, 0) is 50.1 Å². The molecule has 1 aliphatic carbocycles. The highest BCUT2D eigenvalue weighted by Gasteiger charge is 2.52. The molecule has 2 heterocycles. The van der Waals surface area contributed by atoms with Crippen molar-refractivity contribution in [1.29, 1.82) is 0 Å². The van der Waals surface area contributed by atoms with E-state index in [1.54, 1.807) is 36.7 Å². The number of hydrogen-bond acceptors (Lipinski definition) is 8. The zero-order chi connectivity index (χ0) is 25.7. The molecule has 5 rings (SSSR count). The maximum Gasteiger partial charge on any atom is 0.573 e. The van der Waals surface area contributed by atoms with Gasteiger partial charge in [0.15, 0.2) is 5.13 Å². The minimum Gasteiger partial charge on any atom is -0.464 e. The minimum absolute atomic E-state index is 0.239. The number of benzene rings is 2. The number of carbonyl (C=O) groups is 2. The van der Waals surface area contributed by atoms with E-state index in [0.717, 1.165) is 16.9 Å². The molecule has 2 aromatic heterocycles. The van der Waals surface area contributed by atoms with Gasteiger partial charge >= 0.3 is 12.3 Å². The number of amides is 1. The summed E-state index contributed by atoms with van der Waals surface area (Å²) >= 11 is 1.15. The fourth-order valence-corrected chi connectivity index (χ4v) is 4.66. The molecule has 0 saturated heterocycles. The van der Waals surface area contributed by atoms with E-state index in [2.05, 4.69) is 25.3 Å². The molecule has 188 valence electrons. The number of rotatable bonds is 7. The second-order valence-electron chi connectivity index (χ2n) is 8.28. The third kappa shape index (κ3) is 4.65. The van der Waals surface area contributed by atoms with Crippen LogP contribution >= 0.6 is 11.3 Å². The SMILES string of the molecule is CCOC(=O)C1(NC(=O)c2ccc3c(c2)nc(Nc2nc4ccc(OC(F)(F)F)cc4s2)n3C)CC1. The van der Waals surface area contributed by atoms with Gasteiger partial charge in [0.25, 0.3) is 5.91 Å². The van der Waals surface area contributed by atoms with Gasteiger partial charge < -0.3 is 24.7 Å². The molecular formula is C23H20F3N5O4S. The first-order chi connectivity index (χ1) is 17.1. The number of thiazole rings is 1. The second kappa shape index (κ2) is 8.66. The van der Waals surface area contributed by atoms with Gasteiger partial charge in [0, 0.05) is 18.7 Å². The first kappa shape index (κ1) is 23.9. The van der Waals surface area contributed by atoms with Crippen molar-refractivity contribution in [2.45, 2.75) is 31.7 Å². The predicted octanol–water partition coefficient (Wildman–Crippen LogP) is 4.65. The molecule has 4 aromatic rings. The van der Waals surface area contributed by atoms with Crippen molar-refractivity contribution in [2.75, 3.05) is 11.9 Å². The van der Waals surface area contributed by atoms with Gasteiger partial charge in [-0.3, -0.25) is 4.79 Å². The third-order valence-electron chi connectivity index (χ3n) is 5.72. The average Bonchev–Trinajstić information content (AvgIpc) is 3.38. The highest BCUT2D eigenvalue weighted by atomic mass is 32.1. The molecule has 1 aliphatic rings. The summed E-state index contributed by atoms with van der Waals surface area (Å²) in [6, 6.07) is 8.93. The molecule has 36 heavy (non-hydrogen) atoms. The first-order valence-corrected chi connectivity index (χ1v) is 11.8. The molecule has 1 saturated carbocycles. The maximum atomic E-state index is 12.8. The topological polar surface area (TPSA) is 107 Å². The van der Waals surface area contributed by atoms with Crippen LogP contribution in [0.25, 0.3) is 21.3 Å². The monoisotopic (exact) mass is 519 g/mol. The number of nitrogens with zero attached hydrogens (tertiary/aromatic N) is 3. The number of fused-ring (bicyclic) bond motifs is 2. The van der Waals surface area contributed by atoms with E-state index in [-0.39, 0.29) is 12.4 Å². The Labute approximate surface area is 206 Å². The molecule has 0 bridgehead atoms. The van der Waals surface area contributed by atoms with Crippen molar-refractivity contribution in [3.8, 4) is 5.75 Å². The number of hydrogen-bond donors (Lipinski definition) is 2. The van der Waals surface area contributed by atoms with E-state index in [1.165, 1.54) is 18.2 Å². The Hall–Kier alpha value is -3.87. The highest BCUT2D eigenvalue weighted by molar-refractivity contribution is 7.22. The molecule has 0 unspecified atom stereocenters. The van der Waals surface area contributed by atoms with Crippen LogP contribution in [0.1, 0.15) is 30.1 Å². The number of carbonyl (C=O) groups excluding carboxylic acids is 2. The van der Waals surface area contributed by atoms with E-state index in [1.807, 2.05) is 0 Å². The fourth-order valence-electron chi connectivity index (χ4n) is 3.77. The summed E-state index contributed by atoms with van der Waals surface area (Å²) in [5.41, 5.74) is 1.17. The van der Waals surface area contributed by atoms with Crippen LogP contribution in [0.15, 0.2) is 36.4 Å². The Kier molecular flexibility index (Phi) is 5.74. The number of ether oxygens (including phenoxy) is 2. The normalized spacial score (nSPS) is 14.6. The number of alkyl halides is 3. The largest absolute Gasteiger partial charge is 0.573 e. The predicted molar refractivity (Wildman–Crippen MR) is 126 cm³/mol. The summed E-state index contributed by atoms with van der Waals surface area (Å²) in [4.78, 5) is 33.9. The Bertz CT molecular complexity index is 1490. The molecule has 2 N–H and O–H groups in total. The van der Waals surface area contributed by atoms with Crippen molar-refractivity contribution in [3.63, 3.8) is 0 Å². The Morgan fingerprint density at radius 2 is 1.92 bits per heavy atom. The summed E-state index contributed by atoms with van der Waals surface area (Å²) < 4.78 is 48.8. The van der Waals surface area contributed by atoms with Crippen LogP contribution in [-0.2, 0) is 16.6 Å². The molecule has 0 spiro atoms. The molecule has 0 aliphatic heterocycles. The molecule has 13 heteroatoms. The van der Waals surface area contributed by atoms with Crippen LogP contribution in [0.4, 0.5) is 24.3 Å². The Balaban J connectivity index is 1.36. The zero-order valence-corrected chi connectivity index (χ0v) is 19.9. The quantitative estimate of drug-likeness (QED) is 0.342. The van der Waals surface area contributed by atoms with Gasteiger partial charge in [0.2, 0.25) is 5.95 Å². The van der Waals surface area contributed by atoms with Crippen LogP contribution < -0.4 is 15.4 Å². The van der Waals surface area contributed by atoms with Gasteiger partial charge in [0.05, 0.1) is 27.9 Å². The summed E-state index contributed by atoms with van der Waals surface area (Å²) in [6.07, 6.45) is -3.72. The van der Waals surface area contributed by atoms with E-state index >= 15 is 0 Å². The standard InChI is InChI=1S/C23H20F3N5O4S/c1-3-34-19(33)22(8-9-22)30-18(32)12-4-7-16-15(10-12)27-20(31(16)2)29-21-28-14-6-5-13(11-17(14)36-21)35-23(24,25)26/h4-7,10-11H,3,8-9H2,1-2H3,(H,30,32)(H,27,28,29). The number of aryl methyl sites for hydroxylation is 1. The minimum atomic E-state index is -4.78. The number of esters is 1. The van der Waals surface area contributed by atoms with Crippen molar-refractivity contribution in [1.82, 2.24) is 19.9 Å². The van der Waals surface area contributed by atoms with Crippen molar-refractivity contribution >= 4 is 55.5 Å². The van der Waals surface area contributed by atoms with E-state index in [9.17, 15) is 22.8 Å². The molecule has 9 nitrogen and oxygen atoms in total. The van der Waals surface area contributed by atoms with Crippen LogP contribution in [0.5, 0.6) is 5.75 Å². The highest BCUT2D eigenvalue weighted by Crippen LogP contribution is 2.37. The van der Waals surface area contributed by atoms with E-state index in [4.69, 9.17) is 4.74 Å². The van der Waals surface area contributed by atoms with Crippen LogP contribution in [-0.4, -0.2) is 44.9 Å². The third-order valence-corrected chi connectivity index (χ3v) is 6.66. The maximum absolute atomic E-state index is 12.8. The Morgan fingerprint density at radius 3 is 2.61 bits per heavy atom. The number of nitrogens with one attached hydrogen (secondary N) is 2. The smallest absolute Gasteiger partial charge is 0.464 e. The fraction of sp³-hybridized carbons (Fsp3) is 0.304. The zero-order valence-electron chi connectivity index (χ0n) is 19.1. The molecule has 1 amide bonds. The number of halogens is 3. The second-order valence-corrected chi connectivity index (χ2v) is 9.31. The summed E-state index contributed by atoms with van der Waals surface area (Å²) in [6.45, 7) is 1.95. The van der Waals surface area contributed by atoms with Crippen LogP contribution in [0.2, 0.25) is 0 Å². The van der Waals surface area contributed by atoms with Gasteiger partial charge in [-0.25, -0.2) is 14.8 Å². The molecule has 0 atom stereocenters.